The van der Waals surface area contributed by atoms with E-state index < -0.39 is 0 Å². The Hall–Kier alpha value is -2.04. The summed E-state index contributed by atoms with van der Waals surface area (Å²) < 4.78 is 0. The molecule has 0 aliphatic carbocycles. The molecule has 0 N–H and O–H groups in total. The third-order valence-electron chi connectivity index (χ3n) is 3.61. The summed E-state index contributed by atoms with van der Waals surface area (Å²) in [6, 6.07) is 26.3. The highest BCUT2D eigenvalue weighted by Gasteiger charge is 2.07. The Kier molecular flexibility index (Phi) is 2.43. The van der Waals surface area contributed by atoms with Crippen LogP contribution in [0.4, 0.5) is 0 Å². The predicted octanol–water partition coefficient (Wildman–Crippen LogP) is 5.97. The average Bonchev–Trinajstić information content (AvgIpc) is 2.92. The Morgan fingerprint density at radius 1 is 0.579 bits per heavy atom. The van der Waals surface area contributed by atoms with Crippen molar-refractivity contribution in [3.8, 4) is 5.30 Å². The fourth-order valence-corrected chi connectivity index (χ4v) is 4.98. The first-order valence-corrected chi connectivity index (χ1v) is 7.89. The van der Waals surface area contributed by atoms with Crippen molar-refractivity contribution in [1.82, 2.24) is 0 Å². The van der Waals surface area contributed by atoms with Crippen LogP contribution in [0.3, 0.4) is 0 Å². The molecule has 4 aromatic rings. The third-order valence-corrected chi connectivity index (χ3v) is 5.89. The highest BCUT2D eigenvalue weighted by Crippen LogP contribution is 2.49. The van der Waals surface area contributed by atoms with E-state index in [4.69, 9.17) is 0 Å². The van der Waals surface area contributed by atoms with Gasteiger partial charge < -0.3 is 0 Å². The lowest BCUT2D eigenvalue weighted by molar-refractivity contribution is 1.76. The summed E-state index contributed by atoms with van der Waals surface area (Å²) in [5.41, 5.74) is 0. The maximum absolute atomic E-state index is 2.38. The van der Waals surface area contributed by atoms with Crippen molar-refractivity contribution < 1.29 is 0 Å². The van der Waals surface area contributed by atoms with Gasteiger partial charge in [-0.3, -0.25) is 0 Å². The van der Waals surface area contributed by atoms with Gasteiger partial charge in [0, 0.05) is 5.12 Å². The first-order valence-electron chi connectivity index (χ1n) is 6.48. The molecule has 1 heterocycles. The Morgan fingerprint density at radius 3 is 2.21 bits per heavy atom. The first-order chi connectivity index (χ1) is 9.43. The quantitative estimate of drug-likeness (QED) is 0.395. The smallest absolute Gasteiger partial charge is 0.0135 e. The monoisotopic (exact) mass is 260 g/mol. The summed E-state index contributed by atoms with van der Waals surface area (Å²) in [7, 11) is -0.336. The molecule has 1 unspecified atom stereocenters. The first kappa shape index (κ1) is 10.8. The lowest BCUT2D eigenvalue weighted by Gasteiger charge is -2.05. The molecule has 0 bridgehead atoms. The van der Waals surface area contributed by atoms with Crippen LogP contribution in [0.1, 0.15) is 0 Å². The molecule has 0 saturated heterocycles. The molecule has 1 atom stereocenters. The Labute approximate surface area is 113 Å². The molecule has 0 saturated carbocycles. The minimum atomic E-state index is -0.336. The van der Waals surface area contributed by atoms with Gasteiger partial charge in [-0.2, -0.15) is 0 Å². The van der Waals surface area contributed by atoms with Crippen molar-refractivity contribution >= 4 is 28.8 Å². The van der Waals surface area contributed by atoms with Crippen LogP contribution in [0, 0.1) is 0 Å². The molecular formula is C18H13P. The minimum absolute atomic E-state index is 0.336. The van der Waals surface area contributed by atoms with Crippen LogP contribution in [0.15, 0.2) is 78.6 Å². The number of hydrogen-bond acceptors (Lipinski definition) is 0. The fraction of sp³-hybridized carbons (Fsp3) is 0. The van der Waals surface area contributed by atoms with E-state index in [1.165, 1.54) is 26.6 Å². The molecular weight excluding hydrogens is 247 g/mol. The molecule has 0 aliphatic rings. The maximum Gasteiger partial charge on any atom is 0.0135 e. The topological polar surface area (TPSA) is 0 Å². The van der Waals surface area contributed by atoms with E-state index in [2.05, 4.69) is 78.6 Å². The highest BCUT2D eigenvalue weighted by atomic mass is 31.1. The van der Waals surface area contributed by atoms with Gasteiger partial charge in [0.2, 0.25) is 0 Å². The van der Waals surface area contributed by atoms with E-state index in [9.17, 15) is 0 Å². The lowest BCUT2D eigenvalue weighted by Crippen LogP contribution is -1.72. The van der Waals surface area contributed by atoms with Crippen LogP contribution >= 0.6 is 7.53 Å². The van der Waals surface area contributed by atoms with Gasteiger partial charge in [0.15, 0.2) is 0 Å². The van der Waals surface area contributed by atoms with Crippen LogP contribution < -0.4 is 0 Å². The lowest BCUT2D eigenvalue weighted by atomic mass is 10.1. The molecule has 4 rings (SSSR count). The van der Waals surface area contributed by atoms with Crippen molar-refractivity contribution in [1.29, 1.82) is 0 Å². The van der Waals surface area contributed by atoms with Crippen LogP contribution in [0.25, 0.3) is 26.6 Å². The summed E-state index contributed by atoms with van der Waals surface area (Å²) in [5.74, 6) is 2.38. The zero-order valence-corrected chi connectivity index (χ0v) is 11.3. The summed E-state index contributed by atoms with van der Waals surface area (Å²) in [6.45, 7) is 0. The van der Waals surface area contributed by atoms with Gasteiger partial charge in [-0.25, -0.2) is 0 Å². The standard InChI is InChI=1S/C18H13P/c1-2-7-16(8-3-1)19-13-12-15-11-10-14-6-4-5-9-17(14)18(15)19/h1-13H. The van der Waals surface area contributed by atoms with Gasteiger partial charge in [0.1, 0.15) is 0 Å². The molecule has 1 heteroatoms. The fourth-order valence-electron chi connectivity index (χ4n) is 2.71. The summed E-state index contributed by atoms with van der Waals surface area (Å²) in [5, 5.41) is 7.07. The summed E-state index contributed by atoms with van der Waals surface area (Å²) in [6.07, 6.45) is 0. The summed E-state index contributed by atoms with van der Waals surface area (Å²) >= 11 is 0. The van der Waals surface area contributed by atoms with Gasteiger partial charge in [0.25, 0.3) is 0 Å². The van der Waals surface area contributed by atoms with Crippen LogP contribution in [-0.4, -0.2) is 0 Å². The van der Waals surface area contributed by atoms with Crippen molar-refractivity contribution in [3.05, 3.63) is 78.6 Å². The van der Waals surface area contributed by atoms with Gasteiger partial charge in [-0.15, -0.1) is 0 Å². The minimum Gasteiger partial charge on any atom is -0.0847 e. The zero-order chi connectivity index (χ0) is 12.7. The number of hydrogen-bond donors (Lipinski definition) is 0. The van der Waals surface area contributed by atoms with Crippen molar-refractivity contribution in [2.75, 3.05) is 0 Å². The zero-order valence-electron chi connectivity index (χ0n) is 10.5. The molecule has 0 amide bonds. The van der Waals surface area contributed by atoms with Crippen LogP contribution in [0.2, 0.25) is 0 Å². The van der Waals surface area contributed by atoms with E-state index in [-0.39, 0.29) is 7.53 Å². The SMILES string of the molecule is c1ccc(-p2ccc3ccc4ccccc4c32)cc1. The van der Waals surface area contributed by atoms with E-state index in [0.717, 1.165) is 0 Å². The molecule has 0 nitrogen and oxygen atoms in total. The van der Waals surface area contributed by atoms with Gasteiger partial charge in [-0.1, -0.05) is 74.3 Å². The summed E-state index contributed by atoms with van der Waals surface area (Å²) in [4.78, 5) is 0. The van der Waals surface area contributed by atoms with Gasteiger partial charge >= 0.3 is 0 Å². The van der Waals surface area contributed by atoms with Crippen molar-refractivity contribution in [3.63, 3.8) is 0 Å². The predicted molar refractivity (Wildman–Crippen MR) is 85.5 cm³/mol. The Morgan fingerprint density at radius 2 is 1.32 bits per heavy atom. The number of benzene rings is 3. The van der Waals surface area contributed by atoms with E-state index in [1.807, 2.05) is 0 Å². The normalized spacial score (nSPS) is 12.1. The molecule has 0 fully saturated rings. The van der Waals surface area contributed by atoms with Crippen molar-refractivity contribution in [2.24, 2.45) is 0 Å². The number of rotatable bonds is 1. The number of fused-ring (bicyclic) bond motifs is 3. The molecule has 19 heavy (non-hydrogen) atoms. The molecule has 3 aromatic carbocycles. The molecule has 1 aromatic heterocycles. The third kappa shape index (κ3) is 1.69. The van der Waals surface area contributed by atoms with E-state index >= 15 is 0 Å². The Balaban J connectivity index is 2.15. The molecule has 0 spiro atoms. The van der Waals surface area contributed by atoms with E-state index in [1.54, 1.807) is 0 Å². The van der Waals surface area contributed by atoms with Crippen LogP contribution in [0.5, 0.6) is 0 Å². The highest BCUT2D eigenvalue weighted by molar-refractivity contribution is 7.62. The molecule has 0 aliphatic heterocycles. The maximum atomic E-state index is 2.38. The second-order valence-corrected chi connectivity index (χ2v) is 6.75. The Bertz CT molecular complexity index is 857. The molecule has 90 valence electrons. The van der Waals surface area contributed by atoms with E-state index in [0.29, 0.717) is 0 Å². The average molecular weight is 260 g/mol. The second kappa shape index (κ2) is 4.26. The second-order valence-electron chi connectivity index (χ2n) is 4.75. The van der Waals surface area contributed by atoms with Gasteiger partial charge in [0.05, 0.1) is 0 Å². The molecule has 0 radical (unpaired) electrons. The van der Waals surface area contributed by atoms with Crippen LogP contribution in [-0.2, 0) is 0 Å². The van der Waals surface area contributed by atoms with Gasteiger partial charge in [-0.05, 0) is 33.3 Å². The largest absolute Gasteiger partial charge is 0.0847 e. The van der Waals surface area contributed by atoms with Crippen molar-refractivity contribution in [2.45, 2.75) is 0 Å².